The average Bonchev–Trinajstić information content (AvgIpc) is 3.03. The van der Waals surface area contributed by atoms with Crippen molar-refractivity contribution in [3.63, 3.8) is 0 Å². The molecule has 0 atom stereocenters. The van der Waals surface area contributed by atoms with Crippen LogP contribution in [0.5, 0.6) is 11.5 Å². The molecule has 3 aromatic rings. The van der Waals surface area contributed by atoms with Crippen molar-refractivity contribution in [2.24, 2.45) is 0 Å². The molecule has 0 amide bonds. The number of ether oxygens (including phenoxy) is 2. The Kier molecular flexibility index (Phi) is 4.03. The number of aromatic nitrogens is 1. The zero-order valence-corrected chi connectivity index (χ0v) is 13.0. The maximum Gasteiger partial charge on any atom is 0.161 e. The topological polar surface area (TPSA) is 58.0 Å². The van der Waals surface area contributed by atoms with Crippen molar-refractivity contribution < 1.29 is 9.47 Å². The molecule has 0 aliphatic carbocycles. The molecule has 2 aromatic carbocycles. The van der Waals surface area contributed by atoms with Crippen LogP contribution >= 0.6 is 0 Å². The molecule has 0 bridgehead atoms. The van der Waals surface area contributed by atoms with Gasteiger partial charge in [-0.3, -0.25) is 0 Å². The van der Waals surface area contributed by atoms with Crippen LogP contribution in [0.15, 0.2) is 48.7 Å². The molecular weight excluding hydrogens is 288 g/mol. The van der Waals surface area contributed by atoms with Crippen molar-refractivity contribution in [1.82, 2.24) is 4.98 Å². The van der Waals surface area contributed by atoms with Gasteiger partial charge >= 0.3 is 0 Å². The van der Waals surface area contributed by atoms with Crippen LogP contribution in [0.25, 0.3) is 22.6 Å². The number of para-hydroxylation sites is 1. The van der Waals surface area contributed by atoms with Gasteiger partial charge in [0.2, 0.25) is 0 Å². The smallest absolute Gasteiger partial charge is 0.161 e. The van der Waals surface area contributed by atoms with E-state index in [9.17, 15) is 5.26 Å². The van der Waals surface area contributed by atoms with E-state index in [1.165, 1.54) is 0 Å². The molecule has 0 saturated carbocycles. The lowest BCUT2D eigenvalue weighted by Crippen LogP contribution is -1.90. The third-order valence-corrected chi connectivity index (χ3v) is 3.72. The standard InChI is InChI=1S/C19H16N2O2/c1-22-18-8-7-13(10-19(18)23-2)9-14(11-20)16-12-21-17-6-4-3-5-15(16)17/h3-10,12,21H,1-2H3. The summed E-state index contributed by atoms with van der Waals surface area (Å²) in [5, 5.41) is 10.6. The highest BCUT2D eigenvalue weighted by molar-refractivity contribution is 6.01. The molecule has 4 heteroatoms. The lowest BCUT2D eigenvalue weighted by Gasteiger charge is -2.08. The van der Waals surface area contributed by atoms with Gasteiger partial charge in [-0.25, -0.2) is 0 Å². The minimum absolute atomic E-state index is 0.592. The first-order valence-electron chi connectivity index (χ1n) is 7.17. The molecule has 23 heavy (non-hydrogen) atoms. The predicted molar refractivity (Wildman–Crippen MR) is 91.3 cm³/mol. The monoisotopic (exact) mass is 304 g/mol. The van der Waals surface area contributed by atoms with Gasteiger partial charge in [0.15, 0.2) is 11.5 Å². The van der Waals surface area contributed by atoms with Crippen molar-refractivity contribution in [2.45, 2.75) is 0 Å². The number of nitrogens with zero attached hydrogens (tertiary/aromatic N) is 1. The summed E-state index contributed by atoms with van der Waals surface area (Å²) in [6.45, 7) is 0. The summed E-state index contributed by atoms with van der Waals surface area (Å²) in [7, 11) is 3.19. The molecule has 0 radical (unpaired) electrons. The number of methoxy groups -OCH3 is 2. The summed E-state index contributed by atoms with van der Waals surface area (Å²) >= 11 is 0. The molecule has 0 spiro atoms. The van der Waals surface area contributed by atoms with E-state index in [1.807, 2.05) is 54.7 Å². The third-order valence-electron chi connectivity index (χ3n) is 3.72. The van der Waals surface area contributed by atoms with Crippen LogP contribution in [0.3, 0.4) is 0 Å². The Balaban J connectivity index is 2.08. The van der Waals surface area contributed by atoms with E-state index < -0.39 is 0 Å². The molecule has 0 aliphatic rings. The van der Waals surface area contributed by atoms with Crippen molar-refractivity contribution in [2.75, 3.05) is 14.2 Å². The molecule has 1 N–H and O–H groups in total. The van der Waals surface area contributed by atoms with Crippen LogP contribution in [0.1, 0.15) is 11.1 Å². The van der Waals surface area contributed by atoms with Crippen LogP contribution in [-0.2, 0) is 0 Å². The van der Waals surface area contributed by atoms with Crippen molar-refractivity contribution >= 4 is 22.6 Å². The predicted octanol–water partition coefficient (Wildman–Crippen LogP) is 4.25. The second kappa shape index (κ2) is 6.29. The maximum atomic E-state index is 9.56. The number of fused-ring (bicyclic) bond motifs is 1. The molecule has 1 heterocycles. The van der Waals surface area contributed by atoms with Gasteiger partial charge in [0.25, 0.3) is 0 Å². The van der Waals surface area contributed by atoms with Crippen LogP contribution in [-0.4, -0.2) is 19.2 Å². The van der Waals surface area contributed by atoms with E-state index in [1.54, 1.807) is 14.2 Å². The van der Waals surface area contributed by atoms with Crippen LogP contribution in [0, 0.1) is 11.3 Å². The fourth-order valence-electron chi connectivity index (χ4n) is 2.57. The SMILES string of the molecule is COc1ccc(C=C(C#N)c2c[nH]c3ccccc23)cc1OC. The van der Waals surface area contributed by atoms with Gasteiger partial charge in [0.1, 0.15) is 0 Å². The second-order valence-corrected chi connectivity index (χ2v) is 5.03. The van der Waals surface area contributed by atoms with Gasteiger partial charge in [-0.15, -0.1) is 0 Å². The molecule has 1 aromatic heterocycles. The van der Waals surface area contributed by atoms with Gasteiger partial charge in [-0.05, 0) is 29.8 Å². The van der Waals surface area contributed by atoms with Gasteiger partial charge in [0, 0.05) is 22.7 Å². The summed E-state index contributed by atoms with van der Waals surface area (Å²) in [5.41, 5.74) is 3.37. The number of hydrogen-bond acceptors (Lipinski definition) is 3. The Morgan fingerprint density at radius 3 is 2.61 bits per heavy atom. The van der Waals surface area contributed by atoms with Gasteiger partial charge in [-0.2, -0.15) is 5.26 Å². The lowest BCUT2D eigenvalue weighted by atomic mass is 10.0. The molecular formula is C19H16N2O2. The first kappa shape index (κ1) is 14.7. The van der Waals surface area contributed by atoms with E-state index in [0.717, 1.165) is 22.0 Å². The summed E-state index contributed by atoms with van der Waals surface area (Å²) in [6, 6.07) is 15.8. The minimum atomic E-state index is 0.592. The molecule has 114 valence electrons. The summed E-state index contributed by atoms with van der Waals surface area (Å²) in [5.74, 6) is 1.30. The fraction of sp³-hybridized carbons (Fsp3) is 0.105. The molecule has 0 unspecified atom stereocenters. The molecule has 0 fully saturated rings. The van der Waals surface area contributed by atoms with Crippen LogP contribution in [0.4, 0.5) is 0 Å². The first-order valence-corrected chi connectivity index (χ1v) is 7.17. The van der Waals surface area contributed by atoms with E-state index in [-0.39, 0.29) is 0 Å². The largest absolute Gasteiger partial charge is 0.493 e. The Hall–Kier alpha value is -3.19. The average molecular weight is 304 g/mol. The molecule has 0 saturated heterocycles. The van der Waals surface area contributed by atoms with E-state index >= 15 is 0 Å². The van der Waals surface area contributed by atoms with Gasteiger partial charge in [-0.1, -0.05) is 24.3 Å². The Morgan fingerprint density at radius 2 is 1.87 bits per heavy atom. The second-order valence-electron chi connectivity index (χ2n) is 5.03. The van der Waals surface area contributed by atoms with Crippen molar-refractivity contribution in [3.8, 4) is 17.6 Å². The number of rotatable bonds is 4. The van der Waals surface area contributed by atoms with Gasteiger partial charge < -0.3 is 14.5 Å². The third kappa shape index (κ3) is 2.77. The molecule has 0 aliphatic heterocycles. The number of H-pyrrole nitrogens is 1. The first-order chi connectivity index (χ1) is 11.3. The fourth-order valence-corrected chi connectivity index (χ4v) is 2.57. The number of allylic oxidation sites excluding steroid dienone is 1. The lowest BCUT2D eigenvalue weighted by molar-refractivity contribution is 0.355. The van der Waals surface area contributed by atoms with E-state index in [0.29, 0.717) is 17.1 Å². The highest BCUT2D eigenvalue weighted by Gasteiger charge is 2.09. The Morgan fingerprint density at radius 1 is 1.09 bits per heavy atom. The number of hydrogen-bond donors (Lipinski definition) is 1. The van der Waals surface area contributed by atoms with Crippen molar-refractivity contribution in [1.29, 1.82) is 5.26 Å². The number of nitriles is 1. The van der Waals surface area contributed by atoms with E-state index in [4.69, 9.17) is 9.47 Å². The molecule has 3 rings (SSSR count). The number of benzene rings is 2. The number of aromatic amines is 1. The normalized spacial score (nSPS) is 11.3. The molecule has 4 nitrogen and oxygen atoms in total. The number of nitrogens with one attached hydrogen (secondary N) is 1. The van der Waals surface area contributed by atoms with Gasteiger partial charge in [0.05, 0.1) is 25.9 Å². The van der Waals surface area contributed by atoms with Crippen molar-refractivity contribution in [3.05, 3.63) is 59.8 Å². The minimum Gasteiger partial charge on any atom is -0.493 e. The Labute approximate surface area is 134 Å². The quantitative estimate of drug-likeness (QED) is 0.733. The van der Waals surface area contributed by atoms with E-state index in [2.05, 4.69) is 11.1 Å². The van der Waals surface area contributed by atoms with Crippen LogP contribution < -0.4 is 9.47 Å². The summed E-state index contributed by atoms with van der Waals surface area (Å²) in [4.78, 5) is 3.19. The Bertz CT molecular complexity index is 917. The maximum absolute atomic E-state index is 9.56. The summed E-state index contributed by atoms with van der Waals surface area (Å²) < 4.78 is 10.5. The highest BCUT2D eigenvalue weighted by atomic mass is 16.5. The zero-order valence-electron chi connectivity index (χ0n) is 13.0. The zero-order chi connectivity index (χ0) is 16.2. The highest BCUT2D eigenvalue weighted by Crippen LogP contribution is 2.30. The van der Waals surface area contributed by atoms with Crippen LogP contribution in [0.2, 0.25) is 0 Å². The summed E-state index contributed by atoms with van der Waals surface area (Å²) in [6.07, 6.45) is 3.71.